The number of nitriles is 1. The Morgan fingerprint density at radius 3 is 3.00 bits per heavy atom. The minimum atomic E-state index is -0.617. The molecule has 0 saturated heterocycles. The molecule has 2 heterocycles. The Labute approximate surface area is 146 Å². The van der Waals surface area contributed by atoms with Gasteiger partial charge in [0.05, 0.1) is 17.6 Å². The molecule has 0 bridgehead atoms. The van der Waals surface area contributed by atoms with E-state index in [1.165, 1.54) is 18.5 Å². The Bertz CT molecular complexity index is 1080. The zero-order valence-electron chi connectivity index (χ0n) is 13.7. The average Bonchev–Trinajstić information content (AvgIpc) is 2.96. The third-order valence-electron chi connectivity index (χ3n) is 3.75. The molecule has 0 spiro atoms. The number of rotatable bonds is 5. The maximum Gasteiger partial charge on any atom is 0.262 e. The molecule has 0 saturated carbocycles. The molecule has 9 heteroatoms. The van der Waals surface area contributed by atoms with E-state index < -0.39 is 17.3 Å². The number of aryl methyl sites for hydroxylation is 1. The van der Waals surface area contributed by atoms with E-state index in [9.17, 15) is 14.0 Å². The number of aromatic nitrogens is 2. The number of fused-ring (bicyclic) bond motifs is 1. The number of carbonyl (C=O) groups excluding carboxylic acids is 1. The van der Waals surface area contributed by atoms with Crippen LogP contribution in [0, 0.1) is 24.1 Å². The highest BCUT2D eigenvalue weighted by atomic mass is 19.1. The molecule has 2 aromatic heterocycles. The molecule has 1 aromatic carbocycles. The van der Waals surface area contributed by atoms with Gasteiger partial charge in [0, 0.05) is 13.1 Å². The minimum Gasteiger partial charge on any atom is -0.442 e. The van der Waals surface area contributed by atoms with E-state index in [1.54, 1.807) is 19.1 Å². The number of benzene rings is 1. The largest absolute Gasteiger partial charge is 0.442 e. The number of amides is 1. The van der Waals surface area contributed by atoms with Crippen molar-refractivity contribution in [2.45, 2.75) is 6.92 Å². The van der Waals surface area contributed by atoms with Gasteiger partial charge in [0.25, 0.3) is 11.5 Å². The summed E-state index contributed by atoms with van der Waals surface area (Å²) in [6.07, 6.45) is 1.20. The number of hydrogen-bond acceptors (Lipinski definition) is 6. The maximum absolute atomic E-state index is 13.5. The smallest absolute Gasteiger partial charge is 0.262 e. The second kappa shape index (κ2) is 7.06. The van der Waals surface area contributed by atoms with E-state index in [1.807, 2.05) is 0 Å². The Hall–Kier alpha value is -3.67. The molecule has 8 nitrogen and oxygen atoms in total. The van der Waals surface area contributed by atoms with Crippen molar-refractivity contribution in [2.24, 2.45) is 0 Å². The molecule has 0 aliphatic rings. The number of anilines is 1. The molecule has 0 unspecified atom stereocenters. The highest BCUT2D eigenvalue weighted by Gasteiger charge is 2.21. The summed E-state index contributed by atoms with van der Waals surface area (Å²) in [5, 5.41) is 14.6. The fourth-order valence-electron chi connectivity index (χ4n) is 2.57. The highest BCUT2D eigenvalue weighted by molar-refractivity contribution is 6.06. The third-order valence-corrected chi connectivity index (χ3v) is 3.75. The average molecular weight is 355 g/mol. The number of furan rings is 1. The van der Waals surface area contributed by atoms with E-state index in [0.29, 0.717) is 5.69 Å². The van der Waals surface area contributed by atoms with Gasteiger partial charge in [0.15, 0.2) is 0 Å². The Balaban J connectivity index is 1.68. The molecule has 0 radical (unpaired) electrons. The molecule has 3 rings (SSSR count). The van der Waals surface area contributed by atoms with Crippen LogP contribution in [0.2, 0.25) is 0 Å². The first-order valence-corrected chi connectivity index (χ1v) is 7.70. The number of hydrogen-bond donors (Lipinski definition) is 3. The third kappa shape index (κ3) is 3.12. The number of carbonyl (C=O) groups is 1. The van der Waals surface area contributed by atoms with Crippen LogP contribution in [0.25, 0.3) is 11.1 Å². The lowest BCUT2D eigenvalue weighted by molar-refractivity contribution is 0.0955. The number of nitrogens with one attached hydrogen (secondary N) is 3. The molecule has 132 valence electrons. The van der Waals surface area contributed by atoms with Crippen molar-refractivity contribution in [3.8, 4) is 6.07 Å². The van der Waals surface area contributed by atoms with Crippen molar-refractivity contribution in [2.75, 3.05) is 18.4 Å². The van der Waals surface area contributed by atoms with E-state index in [-0.39, 0.29) is 41.1 Å². The van der Waals surface area contributed by atoms with Crippen LogP contribution >= 0.6 is 0 Å². The zero-order valence-corrected chi connectivity index (χ0v) is 13.7. The number of nitrogens with zero attached hydrogens (tertiary/aromatic N) is 2. The molecular weight excluding hydrogens is 341 g/mol. The highest BCUT2D eigenvalue weighted by Crippen LogP contribution is 2.20. The molecule has 0 aliphatic heterocycles. The van der Waals surface area contributed by atoms with Crippen molar-refractivity contribution in [1.29, 1.82) is 5.26 Å². The fraction of sp³-hybridized carbons (Fsp3) is 0.176. The molecule has 0 atom stereocenters. The summed E-state index contributed by atoms with van der Waals surface area (Å²) in [4.78, 5) is 30.6. The van der Waals surface area contributed by atoms with Crippen molar-refractivity contribution in [3.05, 3.63) is 57.6 Å². The Kier molecular flexibility index (Phi) is 4.66. The normalized spacial score (nSPS) is 10.5. The first kappa shape index (κ1) is 17.2. The van der Waals surface area contributed by atoms with Crippen molar-refractivity contribution >= 4 is 22.7 Å². The van der Waals surface area contributed by atoms with Crippen LogP contribution < -0.4 is 16.2 Å². The van der Waals surface area contributed by atoms with E-state index in [4.69, 9.17) is 9.68 Å². The van der Waals surface area contributed by atoms with Gasteiger partial charge in [-0.2, -0.15) is 5.26 Å². The quantitative estimate of drug-likeness (QED) is 0.598. The van der Waals surface area contributed by atoms with Crippen LogP contribution in [0.1, 0.15) is 21.7 Å². The van der Waals surface area contributed by atoms with Gasteiger partial charge >= 0.3 is 0 Å². The Morgan fingerprint density at radius 2 is 2.23 bits per heavy atom. The monoisotopic (exact) mass is 355 g/mol. The topological polar surface area (TPSA) is 124 Å². The number of halogens is 1. The predicted molar refractivity (Wildman–Crippen MR) is 91.3 cm³/mol. The van der Waals surface area contributed by atoms with Crippen LogP contribution in [0.5, 0.6) is 0 Å². The lowest BCUT2D eigenvalue weighted by Crippen LogP contribution is -2.30. The zero-order chi connectivity index (χ0) is 18.7. The van der Waals surface area contributed by atoms with Crippen LogP contribution in [-0.2, 0) is 0 Å². The van der Waals surface area contributed by atoms with Gasteiger partial charge in [-0.25, -0.2) is 9.37 Å². The van der Waals surface area contributed by atoms with Gasteiger partial charge in [-0.05, 0) is 19.1 Å². The minimum absolute atomic E-state index is 0.0897. The van der Waals surface area contributed by atoms with Gasteiger partial charge in [-0.1, -0.05) is 6.07 Å². The molecule has 3 N–H and O–H groups in total. The first-order chi connectivity index (χ1) is 12.5. The molecule has 3 aromatic rings. The number of H-pyrrole nitrogens is 1. The summed E-state index contributed by atoms with van der Waals surface area (Å²) < 4.78 is 18.9. The van der Waals surface area contributed by atoms with Gasteiger partial charge in [0.1, 0.15) is 28.6 Å². The van der Waals surface area contributed by atoms with Gasteiger partial charge in [-0.15, -0.1) is 0 Å². The molecular formula is C17H14FN5O3. The summed E-state index contributed by atoms with van der Waals surface area (Å²) >= 11 is 0. The summed E-state index contributed by atoms with van der Waals surface area (Å²) in [6, 6.07) is 6.04. The SMILES string of the molecule is Cc1oc2nc[nH]c(=O)c2c1C(=O)NCCNc1cccc(F)c1C#N. The second-order valence-electron chi connectivity index (χ2n) is 5.40. The van der Waals surface area contributed by atoms with Crippen LogP contribution in [0.3, 0.4) is 0 Å². The van der Waals surface area contributed by atoms with Crippen molar-refractivity contribution in [1.82, 2.24) is 15.3 Å². The lowest BCUT2D eigenvalue weighted by atomic mass is 10.1. The van der Waals surface area contributed by atoms with E-state index >= 15 is 0 Å². The van der Waals surface area contributed by atoms with Gasteiger partial charge in [-0.3, -0.25) is 9.59 Å². The molecule has 1 amide bonds. The Morgan fingerprint density at radius 1 is 1.42 bits per heavy atom. The van der Waals surface area contributed by atoms with Gasteiger partial charge in [0.2, 0.25) is 5.71 Å². The van der Waals surface area contributed by atoms with Crippen LogP contribution in [0.15, 0.2) is 33.7 Å². The number of aromatic amines is 1. The van der Waals surface area contributed by atoms with Crippen LogP contribution in [0.4, 0.5) is 10.1 Å². The van der Waals surface area contributed by atoms with Gasteiger partial charge < -0.3 is 20.0 Å². The standard InChI is InChI=1S/C17H14FN5O3/c1-9-13(14-16(25)22-8-23-17(14)26-9)15(24)21-6-5-20-12-4-2-3-11(18)10(12)7-19/h2-4,8,20H,5-6H2,1H3,(H,21,24)(H,22,23,25). The second-order valence-corrected chi connectivity index (χ2v) is 5.40. The van der Waals surface area contributed by atoms with E-state index in [2.05, 4.69) is 20.6 Å². The molecule has 0 fully saturated rings. The summed E-state index contributed by atoms with van der Waals surface area (Å²) in [5.74, 6) is -0.818. The van der Waals surface area contributed by atoms with E-state index in [0.717, 1.165) is 0 Å². The summed E-state index contributed by atoms with van der Waals surface area (Å²) in [6.45, 7) is 2.01. The summed E-state index contributed by atoms with van der Waals surface area (Å²) in [7, 11) is 0. The van der Waals surface area contributed by atoms with Crippen molar-refractivity contribution in [3.63, 3.8) is 0 Å². The predicted octanol–water partition coefficient (Wildman–Crippen LogP) is 1.68. The molecule has 0 aliphatic carbocycles. The maximum atomic E-state index is 13.5. The fourth-order valence-corrected chi connectivity index (χ4v) is 2.57. The first-order valence-electron chi connectivity index (χ1n) is 7.70. The van der Waals surface area contributed by atoms with Crippen LogP contribution in [-0.4, -0.2) is 29.0 Å². The molecule has 26 heavy (non-hydrogen) atoms. The lowest BCUT2D eigenvalue weighted by Gasteiger charge is -2.09. The summed E-state index contributed by atoms with van der Waals surface area (Å²) in [5.41, 5.74) is -0.000224. The van der Waals surface area contributed by atoms with Crippen molar-refractivity contribution < 1.29 is 13.6 Å².